The zero-order valence-corrected chi connectivity index (χ0v) is 52.3. The number of hydrogen-bond acceptors (Lipinski definition) is 5. The fraction of sp³-hybridized carbons (Fsp3) is 0.404. The van der Waals surface area contributed by atoms with Crippen molar-refractivity contribution in [3.63, 3.8) is 0 Å². The number of carbonyl (C=O) groups is 4. The van der Waals surface area contributed by atoms with Crippen LogP contribution in [-0.4, -0.2) is 51.5 Å². The molecule has 0 saturated heterocycles. The van der Waals surface area contributed by atoms with E-state index < -0.39 is 59.8 Å². The second-order valence-corrected chi connectivity index (χ2v) is 29.7. The number of rotatable bonds is 15. The van der Waals surface area contributed by atoms with Crippen molar-refractivity contribution in [1.82, 2.24) is 0 Å². The van der Waals surface area contributed by atoms with Crippen molar-refractivity contribution < 1.29 is 94.3 Å². The Hall–Kier alpha value is -0.466. The Bertz CT molecular complexity index is 2340. The first kappa shape index (κ1) is 71.5. The number of alkyl halides is 6. The van der Waals surface area contributed by atoms with Crippen molar-refractivity contribution in [2.45, 2.75) is 95.8 Å². The molecule has 4 aromatic carbocycles. The summed E-state index contributed by atoms with van der Waals surface area (Å²) in [6.45, 7) is 1.81. The molecule has 0 bridgehead atoms. The number of hydrogen-bond donors (Lipinski definition) is 5. The molecule has 2 aliphatic rings. The van der Waals surface area contributed by atoms with Gasteiger partial charge in [0.1, 0.15) is 0 Å². The van der Waals surface area contributed by atoms with Crippen LogP contribution in [0.15, 0.2) is 84.9 Å². The molecule has 401 valence electrons. The number of carbonyl (C=O) groups excluding carboxylic acids is 1. The van der Waals surface area contributed by atoms with Crippen molar-refractivity contribution in [2.24, 2.45) is 23.7 Å². The third kappa shape index (κ3) is 24.5. The van der Waals surface area contributed by atoms with Gasteiger partial charge in [-0.05, 0) is 120 Å². The van der Waals surface area contributed by atoms with E-state index in [4.69, 9.17) is 62.4 Å². The predicted octanol–water partition coefficient (Wildman–Crippen LogP) is 14.7. The standard InChI is InChI=1S/C23H22Cl2F3NO3.C12H14ClNO2.C11H10ClF3O2.CH4.I2.3HI.V/c1-12(23(26,27)28)21(14-4-7-16(24)8-5-14)22(32)29-19-10-15(6-9-18(19)25)17(11-20(30)31)13-2-3-13;13-10-4-3-8(5-11(10)14)9(6-12(15)16)7-1-2-7;1-6(11(13,14)15)9(10(16)17)7-2-4-8(12)5-3-7;;1-2;;;;/h4-10,12-13,17,21H,2-3,11H2,1H3,(H,29,32)(H,30,31);3-5,7,9H,1-2,6,14H2,(H,15,16);2-6,9H,1H3,(H,16,17);1H4;;3*1H;/q;;;;;;;;+2/p-3/t12-,17+,21+;9-;6-,9+;;;;;;/m101....../s1. The van der Waals surface area contributed by atoms with Crippen LogP contribution >= 0.6 is 124 Å². The molecule has 0 spiro atoms. The molecule has 2 saturated carbocycles. The molecular weight excluding hydrogens is 1650 g/mol. The second-order valence-electron chi connectivity index (χ2n) is 16.2. The summed E-state index contributed by atoms with van der Waals surface area (Å²) in [5, 5.41) is 30.9. The monoisotopic (exact) mass is 1690 g/mol. The average molecular weight is 1700 g/mol. The molecule has 6 N–H and O–H groups in total. The van der Waals surface area contributed by atoms with Gasteiger partial charge in [0, 0.05) is 47.3 Å². The Labute approximate surface area is 504 Å². The van der Waals surface area contributed by atoms with Gasteiger partial charge in [0.2, 0.25) is 5.91 Å². The molecule has 1 amide bonds. The Morgan fingerprint density at radius 2 is 0.972 bits per heavy atom. The van der Waals surface area contributed by atoms with Gasteiger partial charge in [-0.1, -0.05) is 104 Å². The maximum atomic E-state index is 13.5. The number of nitrogens with one attached hydrogen (secondary N) is 1. The van der Waals surface area contributed by atoms with Gasteiger partial charge in [-0.2, -0.15) is 26.3 Å². The molecule has 2 fully saturated rings. The third-order valence-electron chi connectivity index (χ3n) is 11.3. The molecule has 9 nitrogen and oxygen atoms in total. The first-order chi connectivity index (χ1) is 32.7. The Morgan fingerprint density at radius 1 is 0.639 bits per heavy atom. The van der Waals surface area contributed by atoms with Crippen LogP contribution < -0.4 is 35.0 Å². The van der Waals surface area contributed by atoms with Gasteiger partial charge in [0.15, 0.2) is 0 Å². The fourth-order valence-corrected chi connectivity index (χ4v) is 7.92. The van der Waals surface area contributed by atoms with E-state index in [1.165, 1.54) is 54.6 Å². The van der Waals surface area contributed by atoms with Crippen LogP contribution in [0, 0.1) is 23.7 Å². The van der Waals surface area contributed by atoms with E-state index in [0.717, 1.165) is 45.1 Å². The van der Waals surface area contributed by atoms with Crippen LogP contribution in [0.25, 0.3) is 0 Å². The Balaban J connectivity index is 0.00000107. The second kappa shape index (κ2) is 34.4. The molecule has 0 radical (unpaired) electrons. The van der Waals surface area contributed by atoms with Crippen LogP contribution in [0.4, 0.5) is 37.7 Å². The zero-order valence-electron chi connectivity index (χ0n) is 37.1. The Kier molecular flexibility index (Phi) is 34.2. The first-order valence-corrected chi connectivity index (χ1v) is 37.5. The summed E-state index contributed by atoms with van der Waals surface area (Å²) in [6, 6.07) is 21.2. The van der Waals surface area contributed by atoms with Gasteiger partial charge in [0.25, 0.3) is 0 Å². The molecule has 0 aromatic heterocycles. The van der Waals surface area contributed by atoms with Crippen molar-refractivity contribution in [1.29, 1.82) is 0 Å². The molecular formula is C47H50Cl4F6I5N2O7V-. The van der Waals surface area contributed by atoms with Crippen LogP contribution in [0.2, 0.25) is 20.1 Å². The summed E-state index contributed by atoms with van der Waals surface area (Å²) in [6.07, 6.45) is -5.02. The van der Waals surface area contributed by atoms with Gasteiger partial charge in [-0.25, -0.2) is 0 Å². The van der Waals surface area contributed by atoms with E-state index in [1.807, 2.05) is 6.07 Å². The number of aliphatic carboxylic acids is 3. The normalized spacial score (nSPS) is 15.2. The molecule has 2 aliphatic carbocycles. The molecule has 0 heterocycles. The van der Waals surface area contributed by atoms with Gasteiger partial charge in [-0.3, -0.25) is 19.2 Å². The number of nitrogens with two attached hydrogens (primary N) is 1. The summed E-state index contributed by atoms with van der Waals surface area (Å²) in [5.41, 5.74) is 8.34. The molecule has 72 heavy (non-hydrogen) atoms. The molecule has 0 aliphatic heterocycles. The Morgan fingerprint density at radius 3 is 1.31 bits per heavy atom. The van der Waals surface area contributed by atoms with Crippen molar-refractivity contribution >= 4 is 159 Å². The van der Waals surface area contributed by atoms with Gasteiger partial charge in [-0.15, -0.1) is 0 Å². The first-order valence-electron chi connectivity index (χ1n) is 20.7. The maximum absolute atomic E-state index is 13.5. The SMILES string of the molecule is C.C[C@H]([C@H](C(=O)Nc1cc([C@@H](CC(=O)O)C2CC2)ccc1Cl)c1ccc(Cl)cc1)C(F)(F)F.C[C@H]([C@H](C(=O)O)c1ccc(Cl)cc1)C(F)(F)F.II.Nc1cc([C@@H](CC(=O)O)C2CC2)ccc1Cl.[I-].[I][V][I]. The quantitative estimate of drug-likeness (QED) is 0.0445. The summed E-state index contributed by atoms with van der Waals surface area (Å²) in [4.78, 5) is 46.1. The minimum atomic E-state index is -4.61. The van der Waals surface area contributed by atoms with E-state index in [2.05, 4.69) is 82.5 Å². The molecule has 6 atom stereocenters. The molecule has 25 heteroatoms. The molecule has 6 rings (SSSR count). The van der Waals surface area contributed by atoms with Crippen molar-refractivity contribution in [2.75, 3.05) is 11.1 Å². The topological polar surface area (TPSA) is 167 Å². The van der Waals surface area contributed by atoms with E-state index in [1.54, 1.807) is 24.3 Å². The number of anilines is 2. The zero-order chi connectivity index (χ0) is 53.3. The molecule has 0 unspecified atom stereocenters. The van der Waals surface area contributed by atoms with Gasteiger partial charge in [0.05, 0.1) is 57.9 Å². The van der Waals surface area contributed by atoms with E-state index >= 15 is 0 Å². The minimum absolute atomic E-state index is 0. The number of amides is 1. The third-order valence-corrected chi connectivity index (χ3v) is 12.5. The number of carboxylic acids is 3. The van der Waals surface area contributed by atoms with E-state index in [0.29, 0.717) is 41.7 Å². The van der Waals surface area contributed by atoms with E-state index in [-0.39, 0.29) is 83.8 Å². The van der Waals surface area contributed by atoms with E-state index in [9.17, 15) is 50.6 Å². The fourth-order valence-electron chi connectivity index (χ4n) is 7.39. The van der Waals surface area contributed by atoms with Gasteiger partial charge >= 0.3 is 79.7 Å². The molecule has 4 aromatic rings. The average Bonchev–Trinajstić information content (AvgIpc) is 4.22. The number of carboxylic acid groups (broad SMARTS) is 3. The number of benzene rings is 4. The van der Waals surface area contributed by atoms with Crippen LogP contribution in [0.3, 0.4) is 0 Å². The van der Waals surface area contributed by atoms with Crippen LogP contribution in [0.5, 0.6) is 0 Å². The summed E-state index contributed by atoms with van der Waals surface area (Å²) in [7, 11) is 0.628. The predicted molar refractivity (Wildman–Crippen MR) is 301 cm³/mol. The summed E-state index contributed by atoms with van der Waals surface area (Å²) < 4.78 is 78.2. The van der Waals surface area contributed by atoms with Crippen molar-refractivity contribution in [3.8, 4) is 0 Å². The summed E-state index contributed by atoms with van der Waals surface area (Å²) in [5.74, 6) is -10.6. The van der Waals surface area contributed by atoms with Gasteiger partial charge < -0.3 is 50.3 Å². The summed E-state index contributed by atoms with van der Waals surface area (Å²) >= 11 is 32.5. The number of nitrogen functional groups attached to an aromatic ring is 1. The van der Waals surface area contributed by atoms with Crippen LogP contribution in [0.1, 0.15) is 106 Å². The number of halogens is 15. The van der Waals surface area contributed by atoms with Crippen LogP contribution in [-0.2, 0) is 28.6 Å². The van der Waals surface area contributed by atoms with Crippen molar-refractivity contribution in [3.05, 3.63) is 127 Å².